The van der Waals surface area contributed by atoms with E-state index in [0.29, 0.717) is 4.75 Å². The molecule has 0 amide bonds. The van der Waals surface area contributed by atoms with Gasteiger partial charge in [-0.05, 0) is 45.8 Å². The van der Waals surface area contributed by atoms with Gasteiger partial charge in [0.2, 0.25) is 0 Å². The van der Waals surface area contributed by atoms with E-state index in [0.717, 1.165) is 42.4 Å². The lowest BCUT2D eigenvalue weighted by molar-refractivity contribution is 0.592. The first-order valence-electron chi connectivity index (χ1n) is 10.2. The smallest absolute Gasteiger partial charge is 0.198 e. The summed E-state index contributed by atoms with van der Waals surface area (Å²) in [7, 11) is -3.15. The number of fused-ring (bicyclic) bond motifs is 3. The molecule has 0 radical (unpaired) electrons. The van der Waals surface area contributed by atoms with Crippen LogP contribution in [0.4, 0.5) is 0 Å². The first-order chi connectivity index (χ1) is 15.2. The largest absolute Gasteiger partial charge is 0.306 e. The van der Waals surface area contributed by atoms with Crippen LogP contribution in [-0.4, -0.2) is 4.98 Å². The van der Waals surface area contributed by atoms with Gasteiger partial charge in [-0.1, -0.05) is 84.9 Å². The molecule has 6 rings (SSSR count). The molecule has 0 aliphatic heterocycles. The lowest BCUT2D eigenvalue weighted by atomic mass is 10.1. The van der Waals surface area contributed by atoms with Crippen molar-refractivity contribution in [3.63, 3.8) is 0 Å². The van der Waals surface area contributed by atoms with Gasteiger partial charge in [0.15, 0.2) is 11.9 Å². The van der Waals surface area contributed by atoms with Crippen molar-refractivity contribution in [2.75, 3.05) is 0 Å². The molecular weight excluding hydrogens is 417 g/mol. The Kier molecular flexibility index (Phi) is 4.27. The maximum atomic E-state index is 15.0. The zero-order valence-corrected chi connectivity index (χ0v) is 18.3. The van der Waals surface area contributed by atoms with Gasteiger partial charge in [-0.3, -0.25) is 0 Å². The van der Waals surface area contributed by atoms with Crippen LogP contribution in [0.15, 0.2) is 109 Å². The topological polar surface area (TPSA) is 30.0 Å². The van der Waals surface area contributed by atoms with E-state index in [-0.39, 0.29) is 0 Å². The zero-order valence-electron chi connectivity index (χ0n) is 16.6. The summed E-state index contributed by atoms with van der Waals surface area (Å²) < 4.78 is 16.8. The van der Waals surface area contributed by atoms with Crippen LogP contribution >= 0.6 is 18.5 Å². The Morgan fingerprint density at radius 1 is 0.581 bits per heavy atom. The number of thiazole rings is 1. The SMILES string of the molecule is O=P(c1ccc2ccccc2c1)(c1ccc2ccccc2c1)c1nc2ccccc2s1. The van der Waals surface area contributed by atoms with E-state index in [9.17, 15) is 0 Å². The molecule has 2 nitrogen and oxygen atoms in total. The van der Waals surface area contributed by atoms with Gasteiger partial charge in [0.05, 0.1) is 10.2 Å². The van der Waals surface area contributed by atoms with Crippen molar-refractivity contribution in [2.24, 2.45) is 0 Å². The van der Waals surface area contributed by atoms with Crippen molar-refractivity contribution in [1.82, 2.24) is 4.98 Å². The summed E-state index contributed by atoms with van der Waals surface area (Å²) in [6.07, 6.45) is 0. The van der Waals surface area contributed by atoms with Crippen LogP contribution in [0.3, 0.4) is 0 Å². The van der Waals surface area contributed by atoms with Gasteiger partial charge in [0.25, 0.3) is 0 Å². The molecular formula is C27H18NOPS. The number of rotatable bonds is 3. The molecule has 0 N–H and O–H groups in total. The van der Waals surface area contributed by atoms with Gasteiger partial charge >= 0.3 is 0 Å². The predicted molar refractivity (Wildman–Crippen MR) is 134 cm³/mol. The third kappa shape index (κ3) is 3.01. The summed E-state index contributed by atoms with van der Waals surface area (Å²) >= 11 is 1.53. The van der Waals surface area contributed by atoms with Crippen LogP contribution in [0.5, 0.6) is 0 Å². The van der Waals surface area contributed by atoms with E-state index in [1.54, 1.807) is 0 Å². The van der Waals surface area contributed by atoms with Crippen molar-refractivity contribution in [3.05, 3.63) is 109 Å². The highest BCUT2D eigenvalue weighted by Crippen LogP contribution is 2.45. The molecule has 0 fully saturated rings. The first-order valence-corrected chi connectivity index (χ1v) is 12.7. The average molecular weight is 435 g/mol. The fourth-order valence-corrected chi connectivity index (χ4v) is 8.46. The number of nitrogens with zero attached hydrogens (tertiary/aromatic N) is 1. The second-order valence-corrected chi connectivity index (χ2v) is 11.6. The predicted octanol–water partition coefficient (Wildman–Crippen LogP) is 6.24. The lowest BCUT2D eigenvalue weighted by Gasteiger charge is -2.18. The second-order valence-electron chi connectivity index (χ2n) is 7.64. The fourth-order valence-electron chi connectivity index (χ4n) is 4.11. The molecule has 6 aromatic rings. The molecule has 4 heteroatoms. The molecule has 0 saturated carbocycles. The minimum Gasteiger partial charge on any atom is -0.306 e. The third-order valence-corrected chi connectivity index (χ3v) is 10.3. The first kappa shape index (κ1) is 18.5. The Bertz CT molecular complexity index is 1520. The summed E-state index contributed by atoms with van der Waals surface area (Å²) in [5.74, 6) is 0. The lowest BCUT2D eigenvalue weighted by Crippen LogP contribution is -2.24. The van der Waals surface area contributed by atoms with Gasteiger partial charge < -0.3 is 4.57 Å². The maximum Gasteiger partial charge on any atom is 0.198 e. The van der Waals surface area contributed by atoms with Gasteiger partial charge in [0.1, 0.15) is 0 Å². The van der Waals surface area contributed by atoms with E-state index in [2.05, 4.69) is 48.5 Å². The number of benzene rings is 5. The third-order valence-electron chi connectivity index (χ3n) is 5.75. The zero-order chi connectivity index (χ0) is 20.8. The Balaban J connectivity index is 1.66. The molecule has 31 heavy (non-hydrogen) atoms. The Morgan fingerprint density at radius 3 is 1.68 bits per heavy atom. The van der Waals surface area contributed by atoms with Gasteiger partial charge in [0, 0.05) is 10.6 Å². The summed E-state index contributed by atoms with van der Waals surface area (Å²) in [6.45, 7) is 0. The van der Waals surface area contributed by atoms with Gasteiger partial charge in [-0.2, -0.15) is 0 Å². The summed E-state index contributed by atoms with van der Waals surface area (Å²) in [4.78, 5) is 4.85. The summed E-state index contributed by atoms with van der Waals surface area (Å²) in [6, 6.07) is 36.7. The van der Waals surface area contributed by atoms with Gasteiger partial charge in [-0.15, -0.1) is 11.3 Å². The Hall–Kier alpha value is -3.26. The van der Waals surface area contributed by atoms with Crippen LogP contribution in [0, 0.1) is 0 Å². The number of para-hydroxylation sites is 1. The molecule has 0 spiro atoms. The molecule has 0 saturated heterocycles. The van der Waals surface area contributed by atoms with Crippen molar-refractivity contribution in [3.8, 4) is 0 Å². The number of hydrogen-bond donors (Lipinski definition) is 0. The quantitative estimate of drug-likeness (QED) is 0.308. The summed E-state index contributed by atoms with van der Waals surface area (Å²) in [5.41, 5.74) is 0.893. The van der Waals surface area contributed by atoms with E-state index < -0.39 is 7.14 Å². The second kappa shape index (κ2) is 7.16. The van der Waals surface area contributed by atoms with E-state index in [1.807, 2.05) is 60.7 Å². The molecule has 148 valence electrons. The monoisotopic (exact) mass is 435 g/mol. The van der Waals surface area contributed by atoms with Crippen LogP contribution in [-0.2, 0) is 4.57 Å². The number of aromatic nitrogens is 1. The minimum atomic E-state index is -3.15. The van der Waals surface area contributed by atoms with Crippen LogP contribution in [0.1, 0.15) is 0 Å². The molecule has 0 aliphatic carbocycles. The maximum absolute atomic E-state index is 15.0. The van der Waals surface area contributed by atoms with E-state index in [4.69, 9.17) is 4.98 Å². The highest BCUT2D eigenvalue weighted by atomic mass is 32.1. The molecule has 0 bridgehead atoms. The molecule has 1 heterocycles. The minimum absolute atomic E-state index is 0.680. The van der Waals surface area contributed by atoms with E-state index in [1.165, 1.54) is 11.3 Å². The fraction of sp³-hybridized carbons (Fsp3) is 0. The van der Waals surface area contributed by atoms with Crippen molar-refractivity contribution in [2.45, 2.75) is 0 Å². The van der Waals surface area contributed by atoms with Crippen LogP contribution < -0.4 is 15.4 Å². The summed E-state index contributed by atoms with van der Waals surface area (Å²) in [5, 5.41) is 6.09. The normalized spacial score (nSPS) is 12.0. The Labute approximate surface area is 184 Å². The standard InChI is InChI=1S/C27H18NOPS/c29-30(27-28-25-11-5-6-12-26(25)31-27,23-15-13-19-7-1-3-9-21(19)17-23)24-16-14-20-8-2-4-10-22(20)18-24/h1-18H. The van der Waals surface area contributed by atoms with E-state index >= 15 is 4.57 Å². The molecule has 0 aliphatic rings. The molecule has 5 aromatic carbocycles. The van der Waals surface area contributed by atoms with Crippen LogP contribution in [0.2, 0.25) is 0 Å². The highest BCUT2D eigenvalue weighted by molar-refractivity contribution is 7.89. The van der Waals surface area contributed by atoms with Crippen LogP contribution in [0.25, 0.3) is 31.8 Å². The molecule has 0 atom stereocenters. The Morgan fingerprint density at radius 2 is 1.10 bits per heavy atom. The van der Waals surface area contributed by atoms with Crippen molar-refractivity contribution < 1.29 is 4.57 Å². The van der Waals surface area contributed by atoms with Crippen molar-refractivity contribution in [1.29, 1.82) is 0 Å². The molecule has 1 aromatic heterocycles. The number of hydrogen-bond acceptors (Lipinski definition) is 3. The van der Waals surface area contributed by atoms with Crippen molar-refractivity contribution >= 4 is 65.6 Å². The highest BCUT2D eigenvalue weighted by Gasteiger charge is 2.33. The average Bonchev–Trinajstić information content (AvgIpc) is 3.28. The molecule has 0 unspecified atom stereocenters. The van der Waals surface area contributed by atoms with Gasteiger partial charge in [-0.25, -0.2) is 4.98 Å².